The highest BCUT2D eigenvalue weighted by Crippen LogP contribution is 2.33. The van der Waals surface area contributed by atoms with Gasteiger partial charge in [-0.3, -0.25) is 9.78 Å². The maximum atomic E-state index is 13.9. The van der Waals surface area contributed by atoms with Crippen LogP contribution in [0.2, 0.25) is 0 Å². The van der Waals surface area contributed by atoms with Gasteiger partial charge in [0.05, 0.1) is 5.69 Å². The Balaban J connectivity index is 1.39. The molecule has 35 heavy (non-hydrogen) atoms. The lowest BCUT2D eigenvalue weighted by Gasteiger charge is -2.11. The molecule has 3 aromatic carbocycles. The van der Waals surface area contributed by atoms with E-state index in [1.165, 1.54) is 6.07 Å². The van der Waals surface area contributed by atoms with E-state index in [0.717, 1.165) is 50.7 Å². The van der Waals surface area contributed by atoms with Crippen molar-refractivity contribution in [3.63, 3.8) is 0 Å². The van der Waals surface area contributed by atoms with Crippen molar-refractivity contribution in [2.24, 2.45) is 0 Å². The van der Waals surface area contributed by atoms with Crippen molar-refractivity contribution in [2.75, 3.05) is 5.32 Å². The Morgan fingerprint density at radius 3 is 2.34 bits per heavy atom. The number of halogens is 2. The van der Waals surface area contributed by atoms with Gasteiger partial charge < -0.3 is 5.32 Å². The van der Waals surface area contributed by atoms with Crippen molar-refractivity contribution >= 4 is 22.9 Å². The van der Waals surface area contributed by atoms with Crippen LogP contribution in [0.1, 0.15) is 15.9 Å². The molecule has 0 saturated heterocycles. The minimum atomic E-state index is -0.902. The second-order valence-electron chi connectivity index (χ2n) is 7.94. The fraction of sp³-hybridized carbons (Fsp3) is 0.0357. The van der Waals surface area contributed by atoms with Crippen LogP contribution >= 0.6 is 11.3 Å². The zero-order valence-corrected chi connectivity index (χ0v) is 19.4. The van der Waals surface area contributed by atoms with Gasteiger partial charge in [-0.15, -0.1) is 11.3 Å². The van der Waals surface area contributed by atoms with Gasteiger partial charge in [0, 0.05) is 34.6 Å². The number of benzene rings is 3. The number of hydrogen-bond donors (Lipinski definition) is 1. The molecule has 0 bridgehead atoms. The topological polar surface area (TPSA) is 54.9 Å². The highest BCUT2D eigenvalue weighted by atomic mass is 32.1. The van der Waals surface area contributed by atoms with Crippen LogP contribution in [0.5, 0.6) is 0 Å². The summed E-state index contributed by atoms with van der Waals surface area (Å²) in [4.78, 5) is 21.3. The van der Waals surface area contributed by atoms with Crippen molar-refractivity contribution in [3.05, 3.63) is 113 Å². The summed E-state index contributed by atoms with van der Waals surface area (Å²) >= 11 is 1.57. The summed E-state index contributed by atoms with van der Waals surface area (Å²) < 4.78 is 27.8. The molecule has 7 heteroatoms. The van der Waals surface area contributed by atoms with Gasteiger partial charge in [0.15, 0.2) is 0 Å². The lowest BCUT2D eigenvalue weighted by Crippen LogP contribution is -2.15. The highest BCUT2D eigenvalue weighted by Gasteiger charge is 2.17. The molecule has 2 heterocycles. The van der Waals surface area contributed by atoms with Gasteiger partial charge in [0.2, 0.25) is 0 Å². The molecule has 1 N–H and O–H groups in total. The third kappa shape index (κ3) is 4.72. The van der Waals surface area contributed by atoms with Crippen LogP contribution in [-0.2, 0) is 0 Å². The molecule has 5 aromatic rings. The van der Waals surface area contributed by atoms with Crippen LogP contribution in [0.25, 0.3) is 33.0 Å². The van der Waals surface area contributed by atoms with Crippen molar-refractivity contribution in [1.82, 2.24) is 9.97 Å². The molecule has 172 valence electrons. The number of anilines is 1. The van der Waals surface area contributed by atoms with Crippen molar-refractivity contribution < 1.29 is 13.6 Å². The third-order valence-electron chi connectivity index (χ3n) is 5.59. The molecule has 0 spiro atoms. The van der Waals surface area contributed by atoms with Gasteiger partial charge in [-0.1, -0.05) is 30.3 Å². The first kappa shape index (κ1) is 22.6. The van der Waals surface area contributed by atoms with Crippen LogP contribution in [0.4, 0.5) is 14.5 Å². The second kappa shape index (κ2) is 9.56. The van der Waals surface area contributed by atoms with E-state index in [-0.39, 0.29) is 0 Å². The first-order valence-corrected chi connectivity index (χ1v) is 11.7. The van der Waals surface area contributed by atoms with Gasteiger partial charge >= 0.3 is 0 Å². The summed E-state index contributed by atoms with van der Waals surface area (Å²) in [5.41, 5.74) is 5.75. The van der Waals surface area contributed by atoms with E-state index in [0.29, 0.717) is 5.69 Å². The quantitative estimate of drug-likeness (QED) is 0.284. The Bertz CT molecular complexity index is 1500. The summed E-state index contributed by atoms with van der Waals surface area (Å²) in [6.45, 7) is 2.03. The summed E-state index contributed by atoms with van der Waals surface area (Å²) in [7, 11) is 0. The van der Waals surface area contributed by atoms with E-state index in [1.54, 1.807) is 35.9 Å². The molecule has 4 nitrogen and oxygen atoms in total. The van der Waals surface area contributed by atoms with Crippen molar-refractivity contribution in [3.8, 4) is 33.0 Å². The van der Waals surface area contributed by atoms with Crippen LogP contribution in [0.3, 0.4) is 0 Å². The molecular formula is C28H19F2N3OS. The first-order chi connectivity index (χ1) is 17.0. The number of nitrogens with one attached hydrogen (secondary N) is 1. The molecule has 0 aliphatic heterocycles. The van der Waals surface area contributed by atoms with Crippen molar-refractivity contribution in [1.29, 1.82) is 0 Å². The van der Waals surface area contributed by atoms with E-state index in [9.17, 15) is 13.6 Å². The average Bonchev–Trinajstić information content (AvgIpc) is 3.36. The van der Waals surface area contributed by atoms with Gasteiger partial charge in [0.25, 0.3) is 5.91 Å². The first-order valence-electron chi connectivity index (χ1n) is 10.8. The number of carbonyl (C=O) groups excluding carboxylic acids is 1. The molecule has 0 atom stereocenters. The Morgan fingerprint density at radius 1 is 0.886 bits per heavy atom. The van der Waals surface area contributed by atoms with Crippen molar-refractivity contribution in [2.45, 2.75) is 6.92 Å². The molecular weight excluding hydrogens is 464 g/mol. The Kier molecular flexibility index (Phi) is 6.16. The summed E-state index contributed by atoms with van der Waals surface area (Å²) in [6, 6.07) is 20.5. The maximum Gasteiger partial charge on any atom is 0.261 e. The van der Waals surface area contributed by atoms with E-state index in [2.05, 4.69) is 16.4 Å². The predicted octanol–water partition coefficient (Wildman–Crippen LogP) is 7.38. The molecule has 0 unspecified atom stereocenters. The number of hydrogen-bond acceptors (Lipinski definition) is 4. The number of rotatable bonds is 5. The Hall–Kier alpha value is -4.23. The largest absolute Gasteiger partial charge is 0.322 e. The monoisotopic (exact) mass is 483 g/mol. The standard InChI is InChI=1S/C28H19F2N3OS/c1-17-7-8-19(28-33-25(16-35-28)20-4-3-13-31-15-20)14-22(17)18-9-11-21(12-10-18)32-27(34)26-23(29)5-2-6-24(26)30/h2-16H,1H3,(H,32,34). The van der Waals surface area contributed by atoms with Crippen LogP contribution in [0.15, 0.2) is 90.6 Å². The zero-order chi connectivity index (χ0) is 24.4. The van der Waals surface area contributed by atoms with E-state index < -0.39 is 23.1 Å². The number of aryl methyl sites for hydroxylation is 1. The molecule has 2 aromatic heterocycles. The SMILES string of the molecule is Cc1ccc(-c2nc(-c3cccnc3)cs2)cc1-c1ccc(NC(=O)c2c(F)cccc2F)cc1. The van der Waals surface area contributed by atoms with Gasteiger partial charge in [-0.2, -0.15) is 0 Å². The molecule has 0 radical (unpaired) electrons. The van der Waals surface area contributed by atoms with Crippen LogP contribution in [0, 0.1) is 18.6 Å². The summed E-state index contributed by atoms with van der Waals surface area (Å²) in [5.74, 6) is -2.64. The zero-order valence-electron chi connectivity index (χ0n) is 18.6. The number of pyridine rings is 1. The number of carbonyl (C=O) groups is 1. The molecule has 0 aliphatic carbocycles. The molecule has 0 aliphatic rings. The fourth-order valence-electron chi connectivity index (χ4n) is 3.76. The van der Waals surface area contributed by atoms with Gasteiger partial charge in [-0.25, -0.2) is 13.8 Å². The third-order valence-corrected chi connectivity index (χ3v) is 6.48. The normalized spacial score (nSPS) is 10.8. The summed E-state index contributed by atoms with van der Waals surface area (Å²) in [5, 5.41) is 5.48. The van der Waals surface area contributed by atoms with Crippen LogP contribution < -0.4 is 5.32 Å². The number of amides is 1. The second-order valence-corrected chi connectivity index (χ2v) is 8.80. The lowest BCUT2D eigenvalue weighted by molar-refractivity contribution is 0.101. The number of thiazole rings is 1. The van der Waals surface area contributed by atoms with E-state index in [1.807, 2.05) is 48.7 Å². The van der Waals surface area contributed by atoms with Crippen LogP contribution in [-0.4, -0.2) is 15.9 Å². The average molecular weight is 484 g/mol. The van der Waals surface area contributed by atoms with E-state index in [4.69, 9.17) is 4.98 Å². The van der Waals surface area contributed by atoms with Gasteiger partial charge in [0.1, 0.15) is 22.2 Å². The lowest BCUT2D eigenvalue weighted by atomic mass is 9.98. The Labute approximate surface area is 205 Å². The Morgan fingerprint density at radius 2 is 1.63 bits per heavy atom. The smallest absolute Gasteiger partial charge is 0.261 e. The minimum Gasteiger partial charge on any atom is -0.322 e. The minimum absolute atomic E-state index is 0.441. The number of nitrogens with zero attached hydrogens (tertiary/aromatic N) is 2. The fourth-order valence-corrected chi connectivity index (χ4v) is 4.59. The molecule has 5 rings (SSSR count). The molecule has 0 fully saturated rings. The number of aromatic nitrogens is 2. The predicted molar refractivity (Wildman–Crippen MR) is 135 cm³/mol. The molecule has 0 saturated carbocycles. The maximum absolute atomic E-state index is 13.9. The van der Waals surface area contributed by atoms with E-state index >= 15 is 0 Å². The molecule has 1 amide bonds. The summed E-state index contributed by atoms with van der Waals surface area (Å²) in [6.07, 6.45) is 3.53. The highest BCUT2D eigenvalue weighted by molar-refractivity contribution is 7.13. The van der Waals surface area contributed by atoms with Gasteiger partial charge in [-0.05, 0) is 66.1 Å².